The number of hydrogen-bond acceptors (Lipinski definition) is 1. The maximum atomic E-state index is 6.08. The van der Waals surface area contributed by atoms with Gasteiger partial charge in [-0.1, -0.05) is 6.92 Å². The van der Waals surface area contributed by atoms with Crippen molar-refractivity contribution in [3.8, 4) is 0 Å². The Bertz CT molecular complexity index is 553. The molecule has 1 atom stereocenters. The van der Waals surface area contributed by atoms with Gasteiger partial charge in [-0.15, -0.1) is 0 Å². The Morgan fingerprint density at radius 2 is 1.94 bits per heavy atom. The minimum Gasteiger partial charge on any atom is -0.361 e. The number of rotatable bonds is 3. The molecule has 1 aliphatic rings. The van der Waals surface area contributed by atoms with Crippen LogP contribution in [0.3, 0.4) is 0 Å². The van der Waals surface area contributed by atoms with Gasteiger partial charge in [-0.05, 0) is 67.3 Å². The monoisotopic (exact) mass is 242 g/mol. The zero-order chi connectivity index (χ0) is 12.5. The molecule has 1 heterocycles. The van der Waals surface area contributed by atoms with Gasteiger partial charge in [-0.2, -0.15) is 0 Å². The summed E-state index contributed by atoms with van der Waals surface area (Å²) in [5.41, 5.74) is 11.8. The standard InChI is InChI=1S/C16H22N2/c1-2-14(17)7-13-10-18-16-9-12-6-4-3-5-11(12)8-15(13)16/h8-10,14,18H,2-7,17H2,1H3. The topological polar surface area (TPSA) is 41.8 Å². The lowest BCUT2D eigenvalue weighted by atomic mass is 9.90. The fourth-order valence-electron chi connectivity index (χ4n) is 3.01. The Balaban J connectivity index is 2.02. The number of nitrogens with two attached hydrogens (primary N) is 1. The molecule has 2 nitrogen and oxygen atoms in total. The lowest BCUT2D eigenvalue weighted by Gasteiger charge is -2.16. The molecule has 0 saturated heterocycles. The summed E-state index contributed by atoms with van der Waals surface area (Å²) in [4.78, 5) is 3.41. The van der Waals surface area contributed by atoms with Crippen LogP contribution in [0.1, 0.15) is 42.9 Å². The van der Waals surface area contributed by atoms with Crippen LogP contribution in [0.25, 0.3) is 10.9 Å². The Morgan fingerprint density at radius 1 is 1.22 bits per heavy atom. The number of aryl methyl sites for hydroxylation is 2. The van der Waals surface area contributed by atoms with Gasteiger partial charge in [0.1, 0.15) is 0 Å². The SMILES string of the molecule is CCC(N)Cc1c[nH]c2cc3c(cc12)CCCC3. The van der Waals surface area contributed by atoms with E-state index in [1.54, 1.807) is 11.1 Å². The normalized spacial score (nSPS) is 16.8. The van der Waals surface area contributed by atoms with Crippen LogP contribution < -0.4 is 5.73 Å². The van der Waals surface area contributed by atoms with Crippen LogP contribution in [0.15, 0.2) is 18.3 Å². The third-order valence-electron chi connectivity index (χ3n) is 4.24. The number of H-pyrrole nitrogens is 1. The summed E-state index contributed by atoms with van der Waals surface area (Å²) in [6.07, 6.45) is 9.34. The summed E-state index contributed by atoms with van der Waals surface area (Å²) in [6, 6.07) is 5.03. The second-order valence-electron chi connectivity index (χ2n) is 5.56. The highest BCUT2D eigenvalue weighted by Crippen LogP contribution is 2.28. The first kappa shape index (κ1) is 11.8. The molecule has 0 fully saturated rings. The van der Waals surface area contributed by atoms with Crippen molar-refractivity contribution in [2.75, 3.05) is 0 Å². The second-order valence-corrected chi connectivity index (χ2v) is 5.56. The molecule has 2 heteroatoms. The second kappa shape index (κ2) is 4.77. The van der Waals surface area contributed by atoms with Crippen LogP contribution in [-0.4, -0.2) is 11.0 Å². The highest BCUT2D eigenvalue weighted by Gasteiger charge is 2.13. The zero-order valence-electron chi connectivity index (χ0n) is 11.1. The predicted octanol–water partition coefficient (Wildman–Crippen LogP) is 3.33. The summed E-state index contributed by atoms with van der Waals surface area (Å²) in [7, 11) is 0. The van der Waals surface area contributed by atoms with Crippen LogP contribution in [0.4, 0.5) is 0 Å². The number of nitrogens with one attached hydrogen (secondary N) is 1. The molecule has 0 spiro atoms. The van der Waals surface area contributed by atoms with Gasteiger partial charge >= 0.3 is 0 Å². The molecule has 2 aromatic rings. The molecule has 1 unspecified atom stereocenters. The molecule has 1 aliphatic carbocycles. The largest absolute Gasteiger partial charge is 0.361 e. The Kier molecular flexibility index (Phi) is 3.13. The van der Waals surface area contributed by atoms with Crippen LogP contribution in [0, 0.1) is 0 Å². The van der Waals surface area contributed by atoms with Gasteiger partial charge in [-0.3, -0.25) is 0 Å². The number of fused-ring (bicyclic) bond motifs is 2. The van der Waals surface area contributed by atoms with E-state index in [4.69, 9.17) is 5.73 Å². The molecule has 0 saturated carbocycles. The Labute approximate surface area is 109 Å². The van der Waals surface area contributed by atoms with Crippen molar-refractivity contribution in [3.63, 3.8) is 0 Å². The molecular formula is C16H22N2. The van der Waals surface area contributed by atoms with Crippen molar-refractivity contribution in [3.05, 3.63) is 35.0 Å². The van der Waals surface area contributed by atoms with Crippen molar-refractivity contribution in [2.24, 2.45) is 5.73 Å². The van der Waals surface area contributed by atoms with E-state index < -0.39 is 0 Å². The van der Waals surface area contributed by atoms with Crippen molar-refractivity contribution in [1.82, 2.24) is 4.98 Å². The molecule has 0 aliphatic heterocycles. The molecule has 1 aromatic carbocycles. The van der Waals surface area contributed by atoms with Gasteiger partial charge in [-0.25, -0.2) is 0 Å². The van der Waals surface area contributed by atoms with Crippen LogP contribution >= 0.6 is 0 Å². The number of hydrogen-bond donors (Lipinski definition) is 2. The smallest absolute Gasteiger partial charge is 0.0459 e. The first-order chi connectivity index (χ1) is 8.78. The van der Waals surface area contributed by atoms with Gasteiger partial charge in [0.15, 0.2) is 0 Å². The molecular weight excluding hydrogens is 220 g/mol. The third kappa shape index (κ3) is 2.05. The lowest BCUT2D eigenvalue weighted by Crippen LogP contribution is -2.21. The van der Waals surface area contributed by atoms with E-state index in [1.165, 1.54) is 42.1 Å². The molecule has 96 valence electrons. The molecule has 3 N–H and O–H groups in total. The van der Waals surface area contributed by atoms with Gasteiger partial charge in [0.2, 0.25) is 0 Å². The van der Waals surface area contributed by atoms with Crippen LogP contribution in [-0.2, 0) is 19.3 Å². The fourth-order valence-corrected chi connectivity index (χ4v) is 3.01. The molecule has 0 radical (unpaired) electrons. The maximum Gasteiger partial charge on any atom is 0.0459 e. The van der Waals surface area contributed by atoms with E-state index in [0.717, 1.165) is 12.8 Å². The Hall–Kier alpha value is -1.28. The summed E-state index contributed by atoms with van der Waals surface area (Å²) < 4.78 is 0. The van der Waals surface area contributed by atoms with Gasteiger partial charge < -0.3 is 10.7 Å². The van der Waals surface area contributed by atoms with Crippen LogP contribution in [0.5, 0.6) is 0 Å². The van der Waals surface area contributed by atoms with Crippen molar-refractivity contribution >= 4 is 10.9 Å². The van der Waals surface area contributed by atoms with E-state index in [0.29, 0.717) is 0 Å². The van der Waals surface area contributed by atoms with E-state index >= 15 is 0 Å². The van der Waals surface area contributed by atoms with E-state index in [-0.39, 0.29) is 6.04 Å². The maximum absolute atomic E-state index is 6.08. The van der Waals surface area contributed by atoms with Crippen molar-refractivity contribution < 1.29 is 0 Å². The van der Waals surface area contributed by atoms with E-state index in [9.17, 15) is 0 Å². The van der Waals surface area contributed by atoms with Crippen molar-refractivity contribution in [2.45, 2.75) is 51.5 Å². The van der Waals surface area contributed by atoms with Gasteiger partial charge in [0.25, 0.3) is 0 Å². The number of aromatic amines is 1. The minimum atomic E-state index is 0.278. The highest BCUT2D eigenvalue weighted by atomic mass is 14.7. The van der Waals surface area contributed by atoms with Crippen LogP contribution in [0.2, 0.25) is 0 Å². The molecule has 0 amide bonds. The van der Waals surface area contributed by atoms with Crippen molar-refractivity contribution in [1.29, 1.82) is 0 Å². The molecule has 18 heavy (non-hydrogen) atoms. The number of aromatic nitrogens is 1. The first-order valence-corrected chi connectivity index (χ1v) is 7.15. The molecule has 0 bridgehead atoms. The quantitative estimate of drug-likeness (QED) is 0.851. The van der Waals surface area contributed by atoms with Gasteiger partial charge in [0, 0.05) is 23.1 Å². The first-order valence-electron chi connectivity index (χ1n) is 7.15. The average Bonchev–Trinajstić information content (AvgIpc) is 2.78. The van der Waals surface area contributed by atoms with E-state index in [2.05, 4.69) is 30.2 Å². The lowest BCUT2D eigenvalue weighted by molar-refractivity contribution is 0.648. The van der Waals surface area contributed by atoms with Gasteiger partial charge in [0.05, 0.1) is 0 Å². The zero-order valence-corrected chi connectivity index (χ0v) is 11.1. The molecule has 1 aromatic heterocycles. The van der Waals surface area contributed by atoms with E-state index in [1.807, 2.05) is 0 Å². The fraction of sp³-hybridized carbons (Fsp3) is 0.500. The third-order valence-corrected chi connectivity index (χ3v) is 4.24. The average molecular weight is 242 g/mol. The number of benzene rings is 1. The Morgan fingerprint density at radius 3 is 2.67 bits per heavy atom. The summed E-state index contributed by atoms with van der Waals surface area (Å²) >= 11 is 0. The summed E-state index contributed by atoms with van der Waals surface area (Å²) in [5, 5.41) is 1.39. The highest BCUT2D eigenvalue weighted by molar-refractivity contribution is 5.85. The summed E-state index contributed by atoms with van der Waals surface area (Å²) in [5.74, 6) is 0. The summed E-state index contributed by atoms with van der Waals surface area (Å²) in [6.45, 7) is 2.15. The predicted molar refractivity (Wildman–Crippen MR) is 76.9 cm³/mol. The minimum absolute atomic E-state index is 0.278. The molecule has 3 rings (SSSR count).